The summed E-state index contributed by atoms with van der Waals surface area (Å²) in [7, 11) is 0. The topological polar surface area (TPSA) is 82.8 Å². The Labute approximate surface area is 117 Å². The highest BCUT2D eigenvalue weighted by molar-refractivity contribution is 5.76. The fraction of sp³-hybridized carbons (Fsp3) is 0.571. The van der Waals surface area contributed by atoms with E-state index in [-0.39, 0.29) is 18.6 Å². The second-order valence-electron chi connectivity index (χ2n) is 5.24. The van der Waals surface area contributed by atoms with Gasteiger partial charge in [0.15, 0.2) is 0 Å². The maximum absolute atomic E-state index is 12.1. The number of urea groups is 1. The van der Waals surface area contributed by atoms with Crippen LogP contribution in [0.5, 0.6) is 0 Å². The zero-order chi connectivity index (χ0) is 14.7. The molecule has 1 aromatic rings. The van der Waals surface area contributed by atoms with Crippen molar-refractivity contribution in [2.45, 2.75) is 32.7 Å². The van der Waals surface area contributed by atoms with Crippen molar-refractivity contribution in [2.75, 3.05) is 13.1 Å². The lowest BCUT2D eigenvalue weighted by atomic mass is 9.99. The molecule has 1 fully saturated rings. The van der Waals surface area contributed by atoms with Gasteiger partial charge in [0.1, 0.15) is 11.5 Å². The van der Waals surface area contributed by atoms with E-state index < -0.39 is 11.9 Å². The molecule has 1 aliphatic heterocycles. The second kappa shape index (κ2) is 5.98. The van der Waals surface area contributed by atoms with E-state index in [1.165, 1.54) is 0 Å². The van der Waals surface area contributed by atoms with Crippen LogP contribution in [0.4, 0.5) is 4.79 Å². The highest BCUT2D eigenvalue weighted by Gasteiger charge is 2.28. The molecule has 0 radical (unpaired) electrons. The van der Waals surface area contributed by atoms with Crippen LogP contribution in [0.25, 0.3) is 0 Å². The number of hydrogen-bond acceptors (Lipinski definition) is 3. The summed E-state index contributed by atoms with van der Waals surface area (Å²) in [6, 6.07) is 3.20. The lowest BCUT2D eigenvalue weighted by Gasteiger charge is -2.31. The number of carboxylic acids is 1. The van der Waals surface area contributed by atoms with Crippen molar-refractivity contribution in [1.29, 1.82) is 0 Å². The molecular weight excluding hydrogens is 260 g/mol. The van der Waals surface area contributed by atoms with E-state index in [0.717, 1.165) is 12.2 Å². The highest BCUT2D eigenvalue weighted by Crippen LogP contribution is 2.19. The van der Waals surface area contributed by atoms with Crippen molar-refractivity contribution >= 4 is 12.0 Å². The zero-order valence-electron chi connectivity index (χ0n) is 11.8. The fourth-order valence-corrected chi connectivity index (χ4v) is 2.40. The number of carboxylic acid groups (broad SMARTS) is 1. The van der Waals surface area contributed by atoms with Gasteiger partial charge in [-0.25, -0.2) is 4.79 Å². The molecule has 6 nitrogen and oxygen atoms in total. The van der Waals surface area contributed by atoms with Gasteiger partial charge in [-0.3, -0.25) is 4.79 Å². The number of amides is 2. The molecule has 2 N–H and O–H groups in total. The van der Waals surface area contributed by atoms with Crippen LogP contribution in [0, 0.1) is 12.8 Å². The van der Waals surface area contributed by atoms with Crippen LogP contribution >= 0.6 is 0 Å². The van der Waals surface area contributed by atoms with E-state index in [2.05, 4.69) is 5.32 Å². The van der Waals surface area contributed by atoms with Gasteiger partial charge in [-0.05, 0) is 38.8 Å². The van der Waals surface area contributed by atoms with E-state index in [9.17, 15) is 9.59 Å². The van der Waals surface area contributed by atoms with E-state index in [4.69, 9.17) is 9.52 Å². The third-order valence-electron chi connectivity index (χ3n) is 3.59. The monoisotopic (exact) mass is 280 g/mol. The molecule has 0 bridgehead atoms. The van der Waals surface area contributed by atoms with Crippen molar-refractivity contribution in [3.05, 3.63) is 23.7 Å². The third-order valence-corrected chi connectivity index (χ3v) is 3.59. The van der Waals surface area contributed by atoms with Gasteiger partial charge in [0.05, 0.1) is 12.0 Å². The smallest absolute Gasteiger partial charge is 0.318 e. The molecule has 2 amide bonds. The molecule has 20 heavy (non-hydrogen) atoms. The SMILES string of the molecule is Cc1ccc(C(C)NC(=O)N2CCC[C@H](C(=O)O)C2)o1. The molecule has 1 unspecified atom stereocenters. The number of carbonyl (C=O) groups is 2. The second-order valence-corrected chi connectivity index (χ2v) is 5.24. The molecule has 0 aliphatic carbocycles. The van der Waals surface area contributed by atoms with Crippen molar-refractivity contribution in [3.8, 4) is 0 Å². The maximum Gasteiger partial charge on any atom is 0.318 e. The Bertz CT molecular complexity index is 497. The number of aryl methyl sites for hydroxylation is 1. The lowest BCUT2D eigenvalue weighted by molar-refractivity contribution is -0.143. The number of nitrogens with zero attached hydrogens (tertiary/aromatic N) is 1. The molecule has 6 heteroatoms. The predicted molar refractivity (Wildman–Crippen MR) is 72.3 cm³/mol. The number of furan rings is 1. The van der Waals surface area contributed by atoms with Gasteiger partial charge in [-0.1, -0.05) is 0 Å². The molecule has 2 rings (SSSR count). The Morgan fingerprint density at radius 2 is 2.25 bits per heavy atom. The van der Waals surface area contributed by atoms with Gasteiger partial charge >= 0.3 is 12.0 Å². The number of likely N-dealkylation sites (tertiary alicyclic amines) is 1. The van der Waals surface area contributed by atoms with Crippen molar-refractivity contribution in [3.63, 3.8) is 0 Å². The van der Waals surface area contributed by atoms with Crippen molar-refractivity contribution in [1.82, 2.24) is 10.2 Å². The predicted octanol–water partition coefficient (Wildman–Crippen LogP) is 2.16. The summed E-state index contributed by atoms with van der Waals surface area (Å²) in [5, 5.41) is 11.9. The highest BCUT2D eigenvalue weighted by atomic mass is 16.4. The molecular formula is C14H20N2O4. The van der Waals surface area contributed by atoms with Gasteiger partial charge in [-0.15, -0.1) is 0 Å². The summed E-state index contributed by atoms with van der Waals surface area (Å²) in [4.78, 5) is 24.7. The molecule has 1 aliphatic rings. The van der Waals surface area contributed by atoms with Crippen molar-refractivity contribution < 1.29 is 19.1 Å². The van der Waals surface area contributed by atoms with E-state index in [0.29, 0.717) is 18.7 Å². The minimum atomic E-state index is -0.836. The Morgan fingerprint density at radius 1 is 1.50 bits per heavy atom. The molecule has 0 spiro atoms. The zero-order valence-corrected chi connectivity index (χ0v) is 11.8. The minimum Gasteiger partial charge on any atom is -0.481 e. The summed E-state index contributed by atoms with van der Waals surface area (Å²) < 4.78 is 5.47. The number of aliphatic carboxylic acids is 1. The number of piperidine rings is 1. The average molecular weight is 280 g/mol. The number of nitrogens with one attached hydrogen (secondary N) is 1. The summed E-state index contributed by atoms with van der Waals surface area (Å²) in [6.45, 7) is 4.56. The molecule has 1 saturated heterocycles. The first-order chi connectivity index (χ1) is 9.47. The van der Waals surface area contributed by atoms with Crippen LogP contribution in [0.1, 0.15) is 37.3 Å². The van der Waals surface area contributed by atoms with Gasteiger partial charge < -0.3 is 19.7 Å². The number of carbonyl (C=O) groups excluding carboxylic acids is 1. The Hall–Kier alpha value is -1.98. The molecule has 2 atom stereocenters. The molecule has 110 valence electrons. The molecule has 1 aromatic heterocycles. The standard InChI is InChI=1S/C14H20N2O4/c1-9-5-6-12(20-9)10(2)15-14(19)16-7-3-4-11(8-16)13(17)18/h5-6,10-11H,3-4,7-8H2,1-2H3,(H,15,19)(H,17,18)/t10?,11-/m0/s1. The van der Waals surface area contributed by atoms with Crippen LogP contribution < -0.4 is 5.32 Å². The minimum absolute atomic E-state index is 0.235. The van der Waals surface area contributed by atoms with Crippen LogP contribution in [-0.4, -0.2) is 35.1 Å². The normalized spacial score (nSPS) is 20.5. The largest absolute Gasteiger partial charge is 0.481 e. The Balaban J connectivity index is 1.92. The molecule has 0 saturated carbocycles. The molecule has 2 heterocycles. The fourth-order valence-electron chi connectivity index (χ4n) is 2.40. The van der Waals surface area contributed by atoms with Crippen LogP contribution in [0.3, 0.4) is 0 Å². The van der Waals surface area contributed by atoms with Crippen LogP contribution in [0.15, 0.2) is 16.5 Å². The van der Waals surface area contributed by atoms with E-state index in [1.54, 1.807) is 4.90 Å². The quantitative estimate of drug-likeness (QED) is 0.888. The Kier molecular flexibility index (Phi) is 4.32. The lowest BCUT2D eigenvalue weighted by Crippen LogP contribution is -2.47. The van der Waals surface area contributed by atoms with Crippen LogP contribution in [-0.2, 0) is 4.79 Å². The number of hydrogen-bond donors (Lipinski definition) is 2. The summed E-state index contributed by atoms with van der Waals surface area (Å²) >= 11 is 0. The number of rotatable bonds is 3. The Morgan fingerprint density at radius 3 is 2.85 bits per heavy atom. The van der Waals surface area contributed by atoms with E-state index in [1.807, 2.05) is 26.0 Å². The summed E-state index contributed by atoms with van der Waals surface area (Å²) in [6.07, 6.45) is 1.35. The van der Waals surface area contributed by atoms with Gasteiger partial charge in [0, 0.05) is 13.1 Å². The first kappa shape index (κ1) is 14.4. The van der Waals surface area contributed by atoms with Gasteiger partial charge in [0.2, 0.25) is 0 Å². The molecule has 0 aromatic carbocycles. The van der Waals surface area contributed by atoms with Gasteiger partial charge in [0.25, 0.3) is 0 Å². The first-order valence-corrected chi connectivity index (χ1v) is 6.82. The van der Waals surface area contributed by atoms with E-state index >= 15 is 0 Å². The average Bonchev–Trinajstić information content (AvgIpc) is 2.85. The van der Waals surface area contributed by atoms with Crippen LogP contribution in [0.2, 0.25) is 0 Å². The van der Waals surface area contributed by atoms with Crippen molar-refractivity contribution in [2.24, 2.45) is 5.92 Å². The van der Waals surface area contributed by atoms with Gasteiger partial charge in [-0.2, -0.15) is 0 Å². The summed E-state index contributed by atoms with van der Waals surface area (Å²) in [5.41, 5.74) is 0. The maximum atomic E-state index is 12.1. The summed E-state index contributed by atoms with van der Waals surface area (Å²) in [5.74, 6) is 0.195. The third kappa shape index (κ3) is 3.31. The first-order valence-electron chi connectivity index (χ1n) is 6.82.